The van der Waals surface area contributed by atoms with Crippen LogP contribution in [0.15, 0.2) is 24.3 Å². The molecule has 1 aromatic carbocycles. The number of pyridine rings is 1. The van der Waals surface area contributed by atoms with Gasteiger partial charge in [0.25, 0.3) is 0 Å². The van der Waals surface area contributed by atoms with Crippen molar-refractivity contribution >= 4 is 41.0 Å². The lowest BCUT2D eigenvalue weighted by molar-refractivity contribution is 0.625. The molecule has 0 saturated heterocycles. The van der Waals surface area contributed by atoms with Gasteiger partial charge in [-0.1, -0.05) is 11.6 Å². The summed E-state index contributed by atoms with van der Waals surface area (Å²) in [7, 11) is -2.17. The van der Waals surface area contributed by atoms with Crippen LogP contribution in [0, 0.1) is 0 Å². The Labute approximate surface area is 99.7 Å². The quantitative estimate of drug-likeness (QED) is 0.467. The van der Waals surface area contributed by atoms with E-state index >= 15 is 0 Å². The largest absolute Gasteiger partial charge is 0.395 e. The molecular formula is C11H13ClN2OP+. The Hall–Kier alpha value is -0.890. The molecule has 0 bridgehead atoms. The number of anilines is 1. The first kappa shape index (κ1) is 11.6. The highest BCUT2D eigenvalue weighted by Gasteiger charge is 2.30. The minimum absolute atomic E-state index is 0.442. The lowest BCUT2D eigenvalue weighted by Crippen LogP contribution is -2.15. The number of aromatic nitrogens is 1. The first-order valence-corrected chi connectivity index (χ1v) is 7.83. The molecule has 0 unspecified atom stereocenters. The highest BCUT2D eigenvalue weighted by atomic mass is 35.5. The highest BCUT2D eigenvalue weighted by molar-refractivity contribution is 7.77. The van der Waals surface area contributed by atoms with Gasteiger partial charge in [0.1, 0.15) is 5.15 Å². The Balaban J connectivity index is 2.85. The third kappa shape index (κ3) is 1.99. The number of nitrogens with zero attached hydrogens (tertiary/aromatic N) is 1. The van der Waals surface area contributed by atoms with Crippen molar-refractivity contribution in [2.24, 2.45) is 0 Å². The number of halogens is 1. The summed E-state index contributed by atoms with van der Waals surface area (Å²) < 4.78 is 0. The summed E-state index contributed by atoms with van der Waals surface area (Å²) in [5, 5.41) is 2.12. The molecule has 0 aliphatic carbocycles. The smallest absolute Gasteiger partial charge is 0.171 e. The average Bonchev–Trinajstić information content (AvgIpc) is 2.16. The van der Waals surface area contributed by atoms with E-state index in [1.54, 1.807) is 12.1 Å². The zero-order valence-corrected chi connectivity index (χ0v) is 10.8. The zero-order chi connectivity index (χ0) is 11.9. The van der Waals surface area contributed by atoms with Gasteiger partial charge in [0.15, 0.2) is 12.8 Å². The predicted molar refractivity (Wildman–Crippen MR) is 71.8 cm³/mol. The minimum atomic E-state index is -2.17. The van der Waals surface area contributed by atoms with E-state index < -0.39 is 7.49 Å². The van der Waals surface area contributed by atoms with Gasteiger partial charge in [0, 0.05) is 5.39 Å². The van der Waals surface area contributed by atoms with Crippen molar-refractivity contribution in [3.63, 3.8) is 0 Å². The van der Waals surface area contributed by atoms with Crippen LogP contribution < -0.4 is 11.0 Å². The summed E-state index contributed by atoms with van der Waals surface area (Å²) in [5.41, 5.74) is 7.29. The fourth-order valence-electron chi connectivity index (χ4n) is 1.79. The number of hydrogen-bond donors (Lipinski definition) is 2. The second kappa shape index (κ2) is 3.85. The molecule has 3 N–H and O–H groups in total. The molecule has 84 valence electrons. The number of nitrogens with two attached hydrogens (primary N) is 1. The van der Waals surface area contributed by atoms with Gasteiger partial charge < -0.3 is 5.73 Å². The standard InChI is InChI=1S/C11H13ClN2OP/c1-16(2,15)11-7-3-6-10(12)14-9(7)5-4-8(11)13/h3-6,15H,13H2,1-2H3/q+1. The van der Waals surface area contributed by atoms with Gasteiger partial charge in [-0.3, -0.25) is 0 Å². The predicted octanol–water partition coefficient (Wildman–Crippen LogP) is 2.28. The summed E-state index contributed by atoms with van der Waals surface area (Å²) in [5.74, 6) is 0. The normalized spacial score (nSPS) is 12.0. The van der Waals surface area contributed by atoms with E-state index in [2.05, 4.69) is 4.98 Å². The van der Waals surface area contributed by atoms with Crippen LogP contribution in [-0.2, 0) is 0 Å². The Kier molecular flexibility index (Phi) is 2.79. The van der Waals surface area contributed by atoms with Crippen molar-refractivity contribution in [2.75, 3.05) is 19.1 Å². The van der Waals surface area contributed by atoms with E-state index in [1.165, 1.54) is 0 Å². The molecule has 0 aliphatic rings. The van der Waals surface area contributed by atoms with Gasteiger partial charge in [-0.2, -0.15) is 0 Å². The number of benzene rings is 1. The van der Waals surface area contributed by atoms with Gasteiger partial charge in [-0.15, -0.1) is 0 Å². The molecule has 0 saturated carbocycles. The molecule has 3 nitrogen and oxygen atoms in total. The van der Waals surface area contributed by atoms with Gasteiger partial charge >= 0.3 is 0 Å². The summed E-state index contributed by atoms with van der Waals surface area (Å²) in [6.07, 6.45) is 0. The minimum Gasteiger partial charge on any atom is -0.395 e. The van der Waals surface area contributed by atoms with Crippen molar-refractivity contribution < 1.29 is 4.89 Å². The number of fused-ring (bicyclic) bond motifs is 1. The first-order chi connectivity index (χ1) is 7.39. The highest BCUT2D eigenvalue weighted by Crippen LogP contribution is 2.48. The monoisotopic (exact) mass is 255 g/mol. The van der Waals surface area contributed by atoms with Crippen LogP contribution >= 0.6 is 19.1 Å². The van der Waals surface area contributed by atoms with Gasteiger partial charge in [-0.05, 0) is 24.3 Å². The molecule has 0 aliphatic heterocycles. The molecule has 16 heavy (non-hydrogen) atoms. The van der Waals surface area contributed by atoms with Gasteiger partial charge in [0.05, 0.1) is 24.5 Å². The number of hydrogen-bond acceptors (Lipinski definition) is 3. The van der Waals surface area contributed by atoms with Crippen molar-refractivity contribution in [3.8, 4) is 0 Å². The summed E-state index contributed by atoms with van der Waals surface area (Å²) in [6, 6.07) is 7.14. The second-order valence-corrected chi connectivity index (χ2v) is 7.72. The van der Waals surface area contributed by atoms with Crippen LogP contribution in [0.1, 0.15) is 0 Å². The average molecular weight is 256 g/mol. The summed E-state index contributed by atoms with van der Waals surface area (Å²) in [6.45, 7) is 3.62. The van der Waals surface area contributed by atoms with E-state index in [0.29, 0.717) is 10.8 Å². The molecule has 0 amide bonds. The molecular weight excluding hydrogens is 243 g/mol. The third-order valence-electron chi connectivity index (χ3n) is 2.39. The van der Waals surface area contributed by atoms with Crippen LogP contribution in [0.5, 0.6) is 0 Å². The molecule has 1 aromatic heterocycles. The molecule has 0 spiro atoms. The van der Waals surface area contributed by atoms with Crippen LogP contribution in [0.2, 0.25) is 5.15 Å². The summed E-state index contributed by atoms with van der Waals surface area (Å²) >= 11 is 5.83. The molecule has 2 aromatic rings. The molecule has 2 rings (SSSR count). The van der Waals surface area contributed by atoms with Crippen molar-refractivity contribution in [3.05, 3.63) is 29.4 Å². The second-order valence-electron chi connectivity index (χ2n) is 4.10. The van der Waals surface area contributed by atoms with Crippen LogP contribution in [0.25, 0.3) is 10.9 Å². The Morgan fingerprint density at radius 3 is 2.56 bits per heavy atom. The molecule has 0 atom stereocenters. The van der Waals surface area contributed by atoms with Crippen LogP contribution in [0.4, 0.5) is 5.69 Å². The van der Waals surface area contributed by atoms with E-state index in [4.69, 9.17) is 17.3 Å². The Bertz CT molecular complexity index is 551. The van der Waals surface area contributed by atoms with Crippen LogP contribution in [0.3, 0.4) is 0 Å². The maximum absolute atomic E-state index is 10.2. The molecule has 0 radical (unpaired) electrons. The van der Waals surface area contributed by atoms with Gasteiger partial charge in [-0.25, -0.2) is 9.88 Å². The fourth-order valence-corrected chi connectivity index (χ4v) is 3.43. The third-order valence-corrected chi connectivity index (χ3v) is 4.19. The van der Waals surface area contributed by atoms with E-state index in [9.17, 15) is 4.89 Å². The molecule has 5 heteroatoms. The van der Waals surface area contributed by atoms with Gasteiger partial charge in [0.2, 0.25) is 0 Å². The fraction of sp³-hybridized carbons (Fsp3) is 0.182. The number of rotatable bonds is 1. The lowest BCUT2D eigenvalue weighted by atomic mass is 10.2. The molecule has 1 heterocycles. The Morgan fingerprint density at radius 1 is 1.25 bits per heavy atom. The van der Waals surface area contributed by atoms with Crippen molar-refractivity contribution in [2.45, 2.75) is 0 Å². The SMILES string of the molecule is C[P+](C)(O)c1c(N)ccc2nc(Cl)ccc12. The van der Waals surface area contributed by atoms with Crippen LogP contribution in [-0.4, -0.2) is 23.2 Å². The maximum atomic E-state index is 10.2. The topological polar surface area (TPSA) is 59.1 Å². The zero-order valence-electron chi connectivity index (χ0n) is 9.11. The first-order valence-electron chi connectivity index (χ1n) is 4.81. The van der Waals surface area contributed by atoms with E-state index in [1.807, 2.05) is 25.5 Å². The van der Waals surface area contributed by atoms with Crippen molar-refractivity contribution in [1.82, 2.24) is 4.98 Å². The lowest BCUT2D eigenvalue weighted by Gasteiger charge is -2.14. The molecule has 0 fully saturated rings. The van der Waals surface area contributed by atoms with Crippen molar-refractivity contribution in [1.29, 1.82) is 0 Å². The Morgan fingerprint density at radius 2 is 1.94 bits per heavy atom. The summed E-state index contributed by atoms with van der Waals surface area (Å²) in [4.78, 5) is 14.4. The number of nitrogen functional groups attached to an aromatic ring is 1. The maximum Gasteiger partial charge on any atom is 0.171 e. The van der Waals surface area contributed by atoms with E-state index in [-0.39, 0.29) is 0 Å². The van der Waals surface area contributed by atoms with E-state index in [0.717, 1.165) is 16.2 Å².